The Balaban J connectivity index is 1.01. The molecule has 0 radical (unpaired) electrons. The molecule has 0 amide bonds. The van der Waals surface area contributed by atoms with Crippen LogP contribution in [-0.2, 0) is 11.8 Å². The minimum atomic E-state index is -0.174. The molecular formula is C66H49FN6S. The summed E-state index contributed by atoms with van der Waals surface area (Å²) in [5.41, 5.74) is 13.4. The lowest BCUT2D eigenvalue weighted by atomic mass is 9.43. The van der Waals surface area contributed by atoms with Gasteiger partial charge in [-0.05, 0) is 120 Å². The summed E-state index contributed by atoms with van der Waals surface area (Å²) in [6, 6.07) is 63.0. The Labute approximate surface area is 433 Å². The number of benzene rings is 8. The first-order valence-corrected chi connectivity index (χ1v) is 27.0. The molecule has 5 aliphatic rings. The highest BCUT2D eigenvalue weighted by Crippen LogP contribution is 2.70. The Morgan fingerprint density at radius 2 is 0.932 bits per heavy atom. The Morgan fingerprint density at radius 3 is 1.46 bits per heavy atom. The monoisotopic (exact) mass is 976 g/mol. The summed E-state index contributed by atoms with van der Waals surface area (Å²) in [4.78, 5) is 31.4. The molecule has 5 aliphatic carbocycles. The maximum atomic E-state index is 16.2. The van der Waals surface area contributed by atoms with Gasteiger partial charge in [0.05, 0.1) is 0 Å². The smallest absolute Gasteiger partial charge is 0.164 e. The lowest BCUT2D eigenvalue weighted by Crippen LogP contribution is -2.55. The topological polar surface area (TPSA) is 77.3 Å². The Kier molecular flexibility index (Phi) is 10.00. The standard InChI is InChI=1S/C66H49FN6S/c1-2-40-35-54-52(37-55(40)67)48-27-26-45(36-53(48)66(54)46-31-38-30-39(33-46)34-47(66)32-38)57-51(65-72-62(43-20-11-5-12-21-43)69-63(73-65)44-22-13-6-14-23-44)29-28-49-58-50(24-15-25-56(58)74-59(49)57)64-70-60(41-16-7-3-8-17-41)68-61(71-64)42-18-9-4-10-19-42/h3-29,35-39,46-47H,2,30-34H2,1H3. The Bertz CT molecular complexity index is 3880. The van der Waals surface area contributed by atoms with E-state index in [0.717, 1.165) is 87.6 Å². The molecule has 6 nitrogen and oxygen atoms in total. The third-order valence-electron chi connectivity index (χ3n) is 17.0. The van der Waals surface area contributed by atoms with Crippen molar-refractivity contribution < 1.29 is 4.39 Å². The van der Waals surface area contributed by atoms with Gasteiger partial charge in [0.2, 0.25) is 0 Å². The van der Waals surface area contributed by atoms with Gasteiger partial charge in [-0.25, -0.2) is 34.3 Å². The van der Waals surface area contributed by atoms with Crippen LogP contribution in [0.2, 0.25) is 0 Å². The van der Waals surface area contributed by atoms with Crippen LogP contribution in [0.3, 0.4) is 0 Å². The number of thiophene rings is 1. The molecule has 74 heavy (non-hydrogen) atoms. The molecule has 3 aromatic heterocycles. The number of rotatable bonds is 8. The molecule has 4 saturated carbocycles. The van der Waals surface area contributed by atoms with Gasteiger partial charge in [-0.3, -0.25) is 0 Å². The van der Waals surface area contributed by atoms with E-state index in [1.807, 2.05) is 78.9 Å². The van der Waals surface area contributed by atoms with Crippen molar-refractivity contribution in [2.45, 2.75) is 50.9 Å². The first kappa shape index (κ1) is 43.5. The fourth-order valence-corrected chi connectivity index (χ4v) is 15.4. The van der Waals surface area contributed by atoms with Crippen LogP contribution in [0.25, 0.3) is 111 Å². The minimum Gasteiger partial charge on any atom is -0.208 e. The van der Waals surface area contributed by atoms with Gasteiger partial charge in [-0.2, -0.15) is 0 Å². The first-order chi connectivity index (χ1) is 36.5. The van der Waals surface area contributed by atoms with Crippen molar-refractivity contribution in [3.05, 3.63) is 204 Å². The van der Waals surface area contributed by atoms with Crippen LogP contribution >= 0.6 is 11.3 Å². The normalized spacial score (nSPS) is 20.1. The predicted molar refractivity (Wildman–Crippen MR) is 297 cm³/mol. The lowest BCUT2D eigenvalue weighted by Gasteiger charge is -2.61. The second-order valence-corrected chi connectivity index (χ2v) is 22.1. The van der Waals surface area contributed by atoms with Crippen molar-refractivity contribution in [3.8, 4) is 90.6 Å². The highest BCUT2D eigenvalue weighted by molar-refractivity contribution is 7.26. The van der Waals surface area contributed by atoms with Crippen molar-refractivity contribution in [1.82, 2.24) is 29.9 Å². The quantitative estimate of drug-likeness (QED) is 0.151. The number of fused-ring (bicyclic) bond motifs is 6. The molecule has 0 atom stereocenters. The van der Waals surface area contributed by atoms with E-state index in [0.29, 0.717) is 53.2 Å². The highest BCUT2D eigenvalue weighted by atomic mass is 32.1. The fourth-order valence-electron chi connectivity index (χ4n) is 14.1. The molecule has 0 unspecified atom stereocenters. The van der Waals surface area contributed by atoms with E-state index in [2.05, 4.69) is 110 Å². The zero-order chi connectivity index (χ0) is 49.1. The van der Waals surface area contributed by atoms with Crippen molar-refractivity contribution in [3.63, 3.8) is 0 Å². The summed E-state index contributed by atoms with van der Waals surface area (Å²) in [6.45, 7) is 2.09. The largest absolute Gasteiger partial charge is 0.208 e. The van der Waals surface area contributed by atoms with E-state index >= 15 is 4.39 Å². The summed E-state index contributed by atoms with van der Waals surface area (Å²) in [5, 5.41) is 2.19. The Morgan fingerprint density at radius 1 is 0.446 bits per heavy atom. The summed E-state index contributed by atoms with van der Waals surface area (Å²) in [5.74, 6) is 6.17. The van der Waals surface area contributed by atoms with Crippen LogP contribution in [0.1, 0.15) is 55.7 Å². The molecule has 0 N–H and O–H groups in total. The van der Waals surface area contributed by atoms with E-state index in [1.54, 1.807) is 11.3 Å². The van der Waals surface area contributed by atoms with E-state index in [9.17, 15) is 0 Å². The first-order valence-electron chi connectivity index (χ1n) is 26.2. The summed E-state index contributed by atoms with van der Waals surface area (Å²) < 4.78 is 18.4. The van der Waals surface area contributed by atoms with Crippen molar-refractivity contribution >= 4 is 31.5 Å². The summed E-state index contributed by atoms with van der Waals surface area (Å²) in [6.07, 6.45) is 6.97. The van der Waals surface area contributed by atoms with Crippen molar-refractivity contribution in [2.75, 3.05) is 0 Å². The molecule has 11 aromatic rings. The van der Waals surface area contributed by atoms with Crippen LogP contribution in [-0.4, -0.2) is 29.9 Å². The van der Waals surface area contributed by atoms with Crippen LogP contribution in [0, 0.1) is 29.5 Å². The highest BCUT2D eigenvalue weighted by Gasteiger charge is 2.61. The van der Waals surface area contributed by atoms with E-state index < -0.39 is 0 Å². The minimum absolute atomic E-state index is 0.0986. The van der Waals surface area contributed by atoms with Crippen LogP contribution in [0.5, 0.6) is 0 Å². The predicted octanol–water partition coefficient (Wildman–Crippen LogP) is 16.5. The van der Waals surface area contributed by atoms with Crippen molar-refractivity contribution in [1.29, 1.82) is 0 Å². The molecule has 356 valence electrons. The molecule has 0 saturated heterocycles. The maximum Gasteiger partial charge on any atom is 0.164 e. The molecule has 1 spiro atoms. The number of nitrogens with zero attached hydrogens (tertiary/aromatic N) is 6. The van der Waals surface area contributed by atoms with E-state index in [4.69, 9.17) is 29.9 Å². The van der Waals surface area contributed by atoms with Crippen LogP contribution in [0.15, 0.2) is 182 Å². The second-order valence-electron chi connectivity index (χ2n) is 21.0. The Hall–Kier alpha value is -8.07. The number of hydrogen-bond acceptors (Lipinski definition) is 7. The molecule has 4 bridgehead atoms. The molecule has 0 aliphatic heterocycles. The number of aromatic nitrogens is 6. The van der Waals surface area contributed by atoms with Gasteiger partial charge in [0.15, 0.2) is 34.9 Å². The lowest BCUT2D eigenvalue weighted by molar-refractivity contribution is -0.0399. The van der Waals surface area contributed by atoms with Gasteiger partial charge in [0, 0.05) is 64.5 Å². The molecule has 3 heterocycles. The second kappa shape index (κ2) is 17.0. The SMILES string of the molecule is CCc1cc2c(cc1F)-c1ccc(-c3c(-c4nc(-c5ccccc5)nc(-c5ccccc5)n4)ccc4c3sc3cccc(-c5nc(-c6ccccc6)nc(-c6ccccc6)n5)c34)cc1C21C2CC3CC(C2)CC1C3. The van der Waals surface area contributed by atoms with E-state index in [-0.39, 0.29) is 11.2 Å². The summed E-state index contributed by atoms with van der Waals surface area (Å²) >= 11 is 1.79. The third kappa shape index (κ3) is 6.73. The van der Waals surface area contributed by atoms with Gasteiger partial charge in [-0.15, -0.1) is 11.3 Å². The van der Waals surface area contributed by atoms with Crippen molar-refractivity contribution in [2.24, 2.45) is 23.7 Å². The van der Waals surface area contributed by atoms with Gasteiger partial charge >= 0.3 is 0 Å². The number of halogens is 1. The average molecular weight is 977 g/mol. The number of aryl methyl sites for hydroxylation is 1. The molecular weight excluding hydrogens is 928 g/mol. The summed E-state index contributed by atoms with van der Waals surface area (Å²) in [7, 11) is 0. The zero-order valence-electron chi connectivity index (χ0n) is 40.8. The molecule has 16 rings (SSSR count). The fraction of sp³-hybridized carbons (Fsp3) is 0.182. The molecule has 8 heteroatoms. The van der Waals surface area contributed by atoms with Gasteiger partial charge in [0.1, 0.15) is 5.82 Å². The van der Waals surface area contributed by atoms with E-state index in [1.165, 1.54) is 48.8 Å². The zero-order valence-corrected chi connectivity index (χ0v) is 41.7. The third-order valence-corrected chi connectivity index (χ3v) is 18.2. The van der Waals surface area contributed by atoms with Crippen LogP contribution < -0.4 is 0 Å². The maximum absolute atomic E-state index is 16.2. The van der Waals surface area contributed by atoms with Crippen LogP contribution in [0.4, 0.5) is 4.39 Å². The molecule has 8 aromatic carbocycles. The molecule has 4 fully saturated rings. The van der Waals surface area contributed by atoms with Gasteiger partial charge < -0.3 is 0 Å². The average Bonchev–Trinajstić information content (AvgIpc) is 3.99. The van der Waals surface area contributed by atoms with Gasteiger partial charge in [0.25, 0.3) is 0 Å². The van der Waals surface area contributed by atoms with Gasteiger partial charge in [-0.1, -0.05) is 165 Å². The number of hydrogen-bond donors (Lipinski definition) is 0.